The molecule has 2 fully saturated rings. The smallest absolute Gasteiger partial charge is 0.313 e. The number of carboxylic acid groups (broad SMARTS) is 1. The molecule has 5 atom stereocenters. The van der Waals surface area contributed by atoms with Crippen molar-refractivity contribution in [1.82, 2.24) is 0 Å². The molecule has 0 aromatic rings. The molecule has 0 unspecified atom stereocenters. The number of carboxylic acids is 1. The van der Waals surface area contributed by atoms with Gasteiger partial charge in [0.25, 0.3) is 0 Å². The molecule has 4 nitrogen and oxygen atoms in total. The first kappa shape index (κ1) is 21.9. The molecule has 0 amide bonds. The summed E-state index contributed by atoms with van der Waals surface area (Å²) in [6.45, 7) is 0. The molecular formula is C20H31ClO4S. The first-order valence-electron chi connectivity index (χ1n) is 9.80. The zero-order valence-electron chi connectivity index (χ0n) is 15.3. The number of aliphatic hydroxyl groups is 2. The zero-order chi connectivity index (χ0) is 18.9. The Hall–Kier alpha value is -0.410. The first-order chi connectivity index (χ1) is 12.5. The molecule has 0 saturated heterocycles. The summed E-state index contributed by atoms with van der Waals surface area (Å²) in [7, 11) is 0. The van der Waals surface area contributed by atoms with Crippen molar-refractivity contribution < 1.29 is 20.1 Å². The third-order valence-electron chi connectivity index (χ3n) is 5.60. The van der Waals surface area contributed by atoms with Gasteiger partial charge in [-0.2, -0.15) is 11.8 Å². The molecule has 0 radical (unpaired) electrons. The van der Waals surface area contributed by atoms with Crippen molar-refractivity contribution >= 4 is 29.3 Å². The Bertz CT molecular complexity index is 498. The molecule has 2 aliphatic rings. The van der Waals surface area contributed by atoms with E-state index in [-0.39, 0.29) is 28.9 Å². The molecule has 148 valence electrons. The van der Waals surface area contributed by atoms with Crippen molar-refractivity contribution in [1.29, 1.82) is 0 Å². The summed E-state index contributed by atoms with van der Waals surface area (Å²) < 4.78 is 0. The fourth-order valence-electron chi connectivity index (χ4n) is 4.12. The van der Waals surface area contributed by atoms with Crippen LogP contribution in [0.5, 0.6) is 0 Å². The minimum absolute atomic E-state index is 0.0807. The lowest BCUT2D eigenvalue weighted by Gasteiger charge is -2.24. The van der Waals surface area contributed by atoms with E-state index < -0.39 is 18.2 Å². The molecule has 2 saturated carbocycles. The molecular weight excluding hydrogens is 372 g/mol. The van der Waals surface area contributed by atoms with Crippen molar-refractivity contribution in [2.24, 2.45) is 17.8 Å². The molecule has 0 aliphatic heterocycles. The molecule has 6 heteroatoms. The van der Waals surface area contributed by atoms with E-state index in [4.69, 9.17) is 16.7 Å². The number of aliphatic hydroxyl groups excluding tert-OH is 2. The van der Waals surface area contributed by atoms with Crippen LogP contribution in [0.3, 0.4) is 0 Å². The number of hydrogen-bond acceptors (Lipinski definition) is 4. The summed E-state index contributed by atoms with van der Waals surface area (Å²) in [5, 5.41) is 29.2. The number of unbranched alkanes of at least 4 members (excludes halogenated alkanes) is 1. The van der Waals surface area contributed by atoms with Gasteiger partial charge < -0.3 is 15.3 Å². The summed E-state index contributed by atoms with van der Waals surface area (Å²) in [6, 6.07) is 0. The second kappa shape index (κ2) is 11.4. The highest BCUT2D eigenvalue weighted by Crippen LogP contribution is 2.39. The summed E-state index contributed by atoms with van der Waals surface area (Å²) in [4.78, 5) is 10.5. The predicted molar refractivity (Wildman–Crippen MR) is 106 cm³/mol. The second-order valence-electron chi connectivity index (χ2n) is 7.58. The van der Waals surface area contributed by atoms with E-state index in [9.17, 15) is 15.0 Å². The van der Waals surface area contributed by atoms with E-state index in [1.54, 1.807) is 0 Å². The Morgan fingerprint density at radius 2 is 1.96 bits per heavy atom. The minimum Gasteiger partial charge on any atom is -0.481 e. The van der Waals surface area contributed by atoms with E-state index in [0.29, 0.717) is 6.42 Å². The minimum atomic E-state index is -0.776. The van der Waals surface area contributed by atoms with Gasteiger partial charge in [0, 0.05) is 5.38 Å². The Morgan fingerprint density at radius 1 is 1.23 bits per heavy atom. The number of alkyl halides is 1. The monoisotopic (exact) mass is 402 g/mol. The van der Waals surface area contributed by atoms with Crippen LogP contribution < -0.4 is 0 Å². The van der Waals surface area contributed by atoms with Crippen LogP contribution in [0.4, 0.5) is 0 Å². The maximum absolute atomic E-state index is 10.5. The van der Waals surface area contributed by atoms with Gasteiger partial charge in [0.05, 0.1) is 17.8 Å². The molecule has 26 heavy (non-hydrogen) atoms. The van der Waals surface area contributed by atoms with Crippen LogP contribution in [0.2, 0.25) is 0 Å². The number of hydrogen-bond donors (Lipinski definition) is 3. The van der Waals surface area contributed by atoms with Gasteiger partial charge in [-0.25, -0.2) is 0 Å². The van der Waals surface area contributed by atoms with E-state index in [1.165, 1.54) is 31.0 Å². The van der Waals surface area contributed by atoms with Gasteiger partial charge in [0.1, 0.15) is 6.10 Å². The van der Waals surface area contributed by atoms with Crippen LogP contribution in [0.25, 0.3) is 0 Å². The Labute approximate surface area is 166 Å². The maximum Gasteiger partial charge on any atom is 0.313 e. The van der Waals surface area contributed by atoms with Crippen molar-refractivity contribution in [3.8, 4) is 11.8 Å². The molecule has 0 aromatic heterocycles. The third-order valence-corrected chi connectivity index (χ3v) is 7.13. The molecule has 0 bridgehead atoms. The number of halogens is 1. The normalized spacial score (nSPS) is 30.6. The lowest BCUT2D eigenvalue weighted by molar-refractivity contribution is -0.133. The SMILES string of the molecule is O=C(O)CSCCCC[C@@H]1[C@@H](C#C[C@@H](O)C2CCCCC2)[C@H](O)C[C@@H]1Cl. The number of rotatable bonds is 8. The van der Waals surface area contributed by atoms with Crippen molar-refractivity contribution in [3.05, 3.63) is 0 Å². The lowest BCUT2D eigenvalue weighted by Crippen LogP contribution is -2.23. The van der Waals surface area contributed by atoms with Gasteiger partial charge in [-0.1, -0.05) is 37.5 Å². The number of thioether (sulfide) groups is 1. The van der Waals surface area contributed by atoms with E-state index in [2.05, 4.69) is 11.8 Å². The lowest BCUT2D eigenvalue weighted by atomic mass is 9.84. The predicted octanol–water partition coefficient (Wildman–Crippen LogP) is 3.52. The maximum atomic E-state index is 10.5. The van der Waals surface area contributed by atoms with Gasteiger partial charge in [0.2, 0.25) is 0 Å². The standard InChI is InChI=1S/C20H31ClO4S/c21-17-12-19(23)16(9-10-18(22)14-6-2-1-3-7-14)15(17)8-4-5-11-26-13-20(24)25/h14-19,22-23H,1-8,11-13H2,(H,24,25)/t15-,16-,17+,18-,19-/m1/s1. The largest absolute Gasteiger partial charge is 0.481 e. The van der Waals surface area contributed by atoms with Crippen molar-refractivity contribution in [2.75, 3.05) is 11.5 Å². The number of carbonyl (C=O) groups is 1. The Kier molecular flexibility index (Phi) is 9.63. The molecule has 2 rings (SSSR count). The Balaban J connectivity index is 1.81. The summed E-state index contributed by atoms with van der Waals surface area (Å²) in [5.41, 5.74) is 0. The third kappa shape index (κ3) is 6.96. The molecule has 2 aliphatic carbocycles. The Morgan fingerprint density at radius 3 is 2.65 bits per heavy atom. The molecule has 0 aromatic carbocycles. The van der Waals surface area contributed by atoms with Gasteiger partial charge >= 0.3 is 5.97 Å². The number of aliphatic carboxylic acids is 1. The van der Waals surface area contributed by atoms with Crippen LogP contribution in [-0.4, -0.2) is 50.4 Å². The van der Waals surface area contributed by atoms with Crippen LogP contribution >= 0.6 is 23.4 Å². The summed E-state index contributed by atoms with van der Waals surface area (Å²) >= 11 is 7.87. The van der Waals surface area contributed by atoms with Gasteiger partial charge in [-0.15, -0.1) is 11.6 Å². The first-order valence-corrected chi connectivity index (χ1v) is 11.4. The fourth-order valence-corrected chi connectivity index (χ4v) is 5.31. The zero-order valence-corrected chi connectivity index (χ0v) is 16.9. The molecule has 0 spiro atoms. The van der Waals surface area contributed by atoms with Crippen molar-refractivity contribution in [3.63, 3.8) is 0 Å². The average molecular weight is 403 g/mol. The summed E-state index contributed by atoms with van der Waals surface area (Å²) in [5.74, 6) is 6.62. The summed E-state index contributed by atoms with van der Waals surface area (Å²) in [6.07, 6.45) is 7.89. The topological polar surface area (TPSA) is 77.8 Å². The van der Waals surface area contributed by atoms with E-state index in [1.807, 2.05) is 0 Å². The van der Waals surface area contributed by atoms with Gasteiger partial charge in [-0.05, 0) is 49.7 Å². The fraction of sp³-hybridized carbons (Fsp3) is 0.850. The van der Waals surface area contributed by atoms with Gasteiger partial charge in [0.15, 0.2) is 0 Å². The van der Waals surface area contributed by atoms with Crippen molar-refractivity contribution in [2.45, 2.75) is 75.4 Å². The molecule has 3 N–H and O–H groups in total. The highest BCUT2D eigenvalue weighted by molar-refractivity contribution is 7.99. The second-order valence-corrected chi connectivity index (χ2v) is 9.25. The molecule has 0 heterocycles. The van der Waals surface area contributed by atoms with Crippen LogP contribution in [0, 0.1) is 29.6 Å². The van der Waals surface area contributed by atoms with Crippen LogP contribution in [0.15, 0.2) is 0 Å². The van der Waals surface area contributed by atoms with Crippen LogP contribution in [-0.2, 0) is 4.79 Å². The van der Waals surface area contributed by atoms with E-state index in [0.717, 1.165) is 37.9 Å². The van der Waals surface area contributed by atoms with E-state index >= 15 is 0 Å². The average Bonchev–Trinajstić information content (AvgIpc) is 2.89. The highest BCUT2D eigenvalue weighted by Gasteiger charge is 2.40. The highest BCUT2D eigenvalue weighted by atomic mass is 35.5. The quantitative estimate of drug-likeness (QED) is 0.329. The van der Waals surface area contributed by atoms with Crippen LogP contribution in [0.1, 0.15) is 57.8 Å². The van der Waals surface area contributed by atoms with Gasteiger partial charge in [-0.3, -0.25) is 4.79 Å².